The van der Waals surface area contributed by atoms with Crippen LogP contribution in [0.5, 0.6) is 0 Å². The third-order valence-corrected chi connectivity index (χ3v) is 3.87. The third kappa shape index (κ3) is 3.63. The van der Waals surface area contributed by atoms with Crippen molar-refractivity contribution < 1.29 is 23.8 Å². The van der Waals surface area contributed by atoms with Crippen LogP contribution in [0.25, 0.3) is 0 Å². The summed E-state index contributed by atoms with van der Waals surface area (Å²) in [6.07, 6.45) is -1.60. The molecule has 2 aromatic carbocycles. The molecule has 5 nitrogen and oxygen atoms in total. The first kappa shape index (κ1) is 16.2. The molecule has 24 heavy (non-hydrogen) atoms. The van der Waals surface area contributed by atoms with Crippen molar-refractivity contribution in [2.45, 2.75) is 25.2 Å². The molecule has 0 bridgehead atoms. The van der Waals surface area contributed by atoms with Gasteiger partial charge in [-0.05, 0) is 31.2 Å². The van der Waals surface area contributed by atoms with Gasteiger partial charge in [0.15, 0.2) is 12.2 Å². The summed E-state index contributed by atoms with van der Waals surface area (Å²) < 4.78 is 16.5. The quantitative estimate of drug-likeness (QED) is 0.809. The summed E-state index contributed by atoms with van der Waals surface area (Å²) in [5, 5.41) is 0. The molecule has 0 saturated carbocycles. The molecule has 5 heteroatoms. The van der Waals surface area contributed by atoms with Crippen LogP contribution in [-0.2, 0) is 14.2 Å². The molecule has 3 rings (SSSR count). The van der Waals surface area contributed by atoms with Gasteiger partial charge < -0.3 is 14.2 Å². The van der Waals surface area contributed by atoms with Crippen LogP contribution in [0.3, 0.4) is 0 Å². The van der Waals surface area contributed by atoms with E-state index in [0.717, 1.165) is 0 Å². The number of hydrogen-bond donors (Lipinski definition) is 0. The van der Waals surface area contributed by atoms with E-state index in [-0.39, 0.29) is 12.7 Å². The van der Waals surface area contributed by atoms with Gasteiger partial charge in [-0.2, -0.15) is 0 Å². The topological polar surface area (TPSA) is 61.8 Å². The van der Waals surface area contributed by atoms with Gasteiger partial charge in [-0.15, -0.1) is 0 Å². The van der Waals surface area contributed by atoms with Crippen LogP contribution in [0, 0.1) is 0 Å². The number of benzene rings is 2. The van der Waals surface area contributed by atoms with Crippen LogP contribution < -0.4 is 0 Å². The van der Waals surface area contributed by atoms with E-state index in [1.807, 2.05) is 12.1 Å². The van der Waals surface area contributed by atoms with Crippen LogP contribution in [0.15, 0.2) is 60.7 Å². The third-order valence-electron chi connectivity index (χ3n) is 3.87. The van der Waals surface area contributed by atoms with Crippen molar-refractivity contribution in [2.75, 3.05) is 6.61 Å². The molecule has 1 fully saturated rings. The summed E-state index contributed by atoms with van der Waals surface area (Å²) in [6.45, 7) is 1.99. The van der Waals surface area contributed by atoms with Gasteiger partial charge in [0.25, 0.3) is 0 Å². The Hall–Kier alpha value is -2.66. The average Bonchev–Trinajstić information content (AvgIpc) is 2.96. The highest BCUT2D eigenvalue weighted by Crippen LogP contribution is 2.23. The minimum Gasteiger partial charge on any atom is -0.452 e. The highest BCUT2D eigenvalue weighted by Gasteiger charge is 2.40. The van der Waals surface area contributed by atoms with E-state index >= 15 is 0 Å². The van der Waals surface area contributed by atoms with Crippen LogP contribution in [0.1, 0.15) is 27.6 Å². The Morgan fingerprint density at radius 1 is 0.875 bits per heavy atom. The lowest BCUT2D eigenvalue weighted by atomic mass is 10.1. The average molecular weight is 326 g/mol. The van der Waals surface area contributed by atoms with Gasteiger partial charge in [0.1, 0.15) is 0 Å². The highest BCUT2D eigenvalue weighted by molar-refractivity contribution is 5.90. The molecule has 0 radical (unpaired) electrons. The van der Waals surface area contributed by atoms with E-state index in [2.05, 4.69) is 0 Å². The van der Waals surface area contributed by atoms with Crippen molar-refractivity contribution in [3.05, 3.63) is 71.8 Å². The number of hydrogen-bond acceptors (Lipinski definition) is 5. The van der Waals surface area contributed by atoms with Gasteiger partial charge in [-0.1, -0.05) is 36.4 Å². The largest absolute Gasteiger partial charge is 0.452 e. The lowest BCUT2D eigenvalue weighted by molar-refractivity contribution is -0.0263. The molecule has 0 N–H and O–H groups in total. The van der Waals surface area contributed by atoms with Crippen molar-refractivity contribution in [1.29, 1.82) is 0 Å². The fraction of sp³-hybridized carbons (Fsp3) is 0.263. The summed E-state index contributed by atoms with van der Waals surface area (Å²) in [5.74, 6) is -0.919. The number of carbonyl (C=O) groups excluding carboxylic acids is 2. The van der Waals surface area contributed by atoms with Gasteiger partial charge in [0.05, 0.1) is 23.8 Å². The monoisotopic (exact) mass is 326 g/mol. The number of rotatable bonds is 4. The Bertz CT molecular complexity index is 698. The predicted molar refractivity (Wildman–Crippen MR) is 86.7 cm³/mol. The molecule has 1 heterocycles. The van der Waals surface area contributed by atoms with Crippen LogP contribution in [-0.4, -0.2) is 36.9 Å². The van der Waals surface area contributed by atoms with E-state index in [4.69, 9.17) is 14.2 Å². The molecule has 0 spiro atoms. The predicted octanol–water partition coefficient (Wildman–Crippen LogP) is 2.86. The fourth-order valence-corrected chi connectivity index (χ4v) is 2.56. The summed E-state index contributed by atoms with van der Waals surface area (Å²) in [5.41, 5.74) is 0.898. The zero-order chi connectivity index (χ0) is 16.9. The molecular formula is C19H18O5. The number of carbonyl (C=O) groups is 2. The Kier molecular flexibility index (Phi) is 4.91. The summed E-state index contributed by atoms with van der Waals surface area (Å²) in [7, 11) is 0. The van der Waals surface area contributed by atoms with Crippen molar-refractivity contribution in [3.63, 3.8) is 0 Å². The lowest BCUT2D eigenvalue weighted by Gasteiger charge is -2.21. The summed E-state index contributed by atoms with van der Waals surface area (Å²) >= 11 is 0. The highest BCUT2D eigenvalue weighted by atomic mass is 16.6. The number of ether oxygens (including phenoxy) is 3. The molecule has 1 saturated heterocycles. The van der Waals surface area contributed by atoms with Gasteiger partial charge >= 0.3 is 11.9 Å². The lowest BCUT2D eigenvalue weighted by Crippen LogP contribution is -2.37. The first-order valence-electron chi connectivity index (χ1n) is 7.79. The molecule has 2 aromatic rings. The Morgan fingerprint density at radius 3 is 1.92 bits per heavy atom. The Balaban J connectivity index is 1.67. The minimum atomic E-state index is -0.634. The fourth-order valence-electron chi connectivity index (χ4n) is 2.56. The Morgan fingerprint density at radius 2 is 1.38 bits per heavy atom. The summed E-state index contributed by atoms with van der Waals surface area (Å²) in [4.78, 5) is 24.4. The molecule has 0 aromatic heterocycles. The maximum Gasteiger partial charge on any atom is 0.338 e. The maximum atomic E-state index is 12.2. The van der Waals surface area contributed by atoms with E-state index in [1.165, 1.54) is 0 Å². The Labute approximate surface area is 140 Å². The first-order valence-corrected chi connectivity index (χ1v) is 7.79. The van der Waals surface area contributed by atoms with Gasteiger partial charge in [-0.3, -0.25) is 0 Å². The van der Waals surface area contributed by atoms with Crippen molar-refractivity contribution >= 4 is 11.9 Å². The molecule has 1 aliphatic heterocycles. The van der Waals surface area contributed by atoms with E-state index in [1.54, 1.807) is 55.5 Å². The van der Waals surface area contributed by atoms with Crippen LogP contribution in [0.4, 0.5) is 0 Å². The molecule has 1 aliphatic rings. The standard InChI is InChI=1S/C19H18O5/c1-13-17(24-19(21)15-10-6-3-7-11-15)16(12-22-13)23-18(20)14-8-4-2-5-9-14/h2-11,13,16-17H,12H2,1H3. The zero-order valence-electron chi connectivity index (χ0n) is 13.3. The molecule has 3 atom stereocenters. The normalized spacial score (nSPS) is 22.8. The van der Waals surface area contributed by atoms with Gasteiger partial charge in [-0.25, -0.2) is 9.59 Å². The SMILES string of the molecule is CC1OCC(OC(=O)c2ccccc2)C1OC(=O)c1ccccc1. The van der Waals surface area contributed by atoms with E-state index in [0.29, 0.717) is 11.1 Å². The molecule has 0 aliphatic carbocycles. The van der Waals surface area contributed by atoms with E-state index < -0.39 is 24.1 Å². The van der Waals surface area contributed by atoms with Gasteiger partial charge in [0.2, 0.25) is 0 Å². The first-order chi connectivity index (χ1) is 11.6. The van der Waals surface area contributed by atoms with Crippen molar-refractivity contribution in [3.8, 4) is 0 Å². The summed E-state index contributed by atoms with van der Waals surface area (Å²) in [6, 6.07) is 17.4. The van der Waals surface area contributed by atoms with Crippen LogP contribution >= 0.6 is 0 Å². The van der Waals surface area contributed by atoms with E-state index in [9.17, 15) is 9.59 Å². The number of esters is 2. The van der Waals surface area contributed by atoms with Crippen LogP contribution in [0.2, 0.25) is 0 Å². The van der Waals surface area contributed by atoms with Gasteiger partial charge in [0, 0.05) is 0 Å². The second-order valence-electron chi connectivity index (χ2n) is 5.58. The smallest absolute Gasteiger partial charge is 0.338 e. The molecule has 3 unspecified atom stereocenters. The zero-order valence-corrected chi connectivity index (χ0v) is 13.3. The van der Waals surface area contributed by atoms with Crippen molar-refractivity contribution in [1.82, 2.24) is 0 Å². The second-order valence-corrected chi connectivity index (χ2v) is 5.58. The molecule has 124 valence electrons. The second kappa shape index (κ2) is 7.27. The minimum absolute atomic E-state index is 0.201. The maximum absolute atomic E-state index is 12.2. The molecule has 0 amide bonds. The van der Waals surface area contributed by atoms with Crippen molar-refractivity contribution in [2.24, 2.45) is 0 Å². The molecular weight excluding hydrogens is 308 g/mol.